The van der Waals surface area contributed by atoms with Crippen molar-refractivity contribution in [1.29, 1.82) is 0 Å². The van der Waals surface area contributed by atoms with Gasteiger partial charge in [0.25, 0.3) is 0 Å². The summed E-state index contributed by atoms with van der Waals surface area (Å²) in [6, 6.07) is 12.3. The number of rotatable bonds is 6. The predicted molar refractivity (Wildman–Crippen MR) is 88.4 cm³/mol. The molecular weight excluding hydrogens is 330 g/mol. The highest BCUT2D eigenvalue weighted by Gasteiger charge is 2.16. The van der Waals surface area contributed by atoms with Crippen LogP contribution in [0, 0.1) is 6.92 Å². The largest absolute Gasteiger partial charge is 0.426 e. The molecule has 0 unspecified atom stereocenters. The topological polar surface area (TPSA) is 89.5 Å². The number of sulfonamides is 1. The molecule has 0 radical (unpaired) electrons. The van der Waals surface area contributed by atoms with E-state index in [0.29, 0.717) is 11.3 Å². The van der Waals surface area contributed by atoms with E-state index in [9.17, 15) is 18.0 Å². The standard InChI is InChI=1S/C17H17NO5S/c1-12-3-7-15(8-4-12)23-17(20)11-18-24(21,22)16-9-5-14(6-10-16)13(2)19/h3-10,18H,11H2,1-2H3. The molecule has 0 spiro atoms. The van der Waals surface area contributed by atoms with Crippen molar-refractivity contribution in [2.24, 2.45) is 0 Å². The van der Waals surface area contributed by atoms with Crippen molar-refractivity contribution in [3.8, 4) is 5.75 Å². The van der Waals surface area contributed by atoms with Gasteiger partial charge in [-0.3, -0.25) is 9.59 Å². The van der Waals surface area contributed by atoms with Crippen molar-refractivity contribution in [3.63, 3.8) is 0 Å². The van der Waals surface area contributed by atoms with Crippen LogP contribution in [0.3, 0.4) is 0 Å². The van der Waals surface area contributed by atoms with Crippen molar-refractivity contribution < 1.29 is 22.7 Å². The van der Waals surface area contributed by atoms with Gasteiger partial charge in [0.2, 0.25) is 10.0 Å². The van der Waals surface area contributed by atoms with Crippen molar-refractivity contribution in [3.05, 3.63) is 59.7 Å². The molecule has 0 heterocycles. The first-order valence-corrected chi connectivity index (χ1v) is 8.64. The molecule has 0 aromatic heterocycles. The summed E-state index contributed by atoms with van der Waals surface area (Å²) in [5.74, 6) is -0.535. The Labute approximate surface area is 140 Å². The van der Waals surface area contributed by atoms with Crippen LogP contribution in [0.2, 0.25) is 0 Å². The van der Waals surface area contributed by atoms with Crippen LogP contribution in [0.1, 0.15) is 22.8 Å². The fourth-order valence-corrected chi connectivity index (χ4v) is 2.85. The zero-order valence-electron chi connectivity index (χ0n) is 13.3. The van der Waals surface area contributed by atoms with Gasteiger partial charge in [0, 0.05) is 5.56 Å². The third-order valence-electron chi connectivity index (χ3n) is 3.23. The second-order valence-electron chi connectivity index (χ2n) is 5.19. The maximum absolute atomic E-state index is 12.1. The van der Waals surface area contributed by atoms with Crippen LogP contribution < -0.4 is 9.46 Å². The number of ether oxygens (including phenoxy) is 1. The molecule has 0 aliphatic heterocycles. The lowest BCUT2D eigenvalue weighted by Crippen LogP contribution is -2.32. The summed E-state index contributed by atoms with van der Waals surface area (Å²) in [5, 5.41) is 0. The number of hydrogen-bond donors (Lipinski definition) is 1. The summed E-state index contributed by atoms with van der Waals surface area (Å²) in [5.41, 5.74) is 1.43. The molecule has 0 aliphatic carbocycles. The smallest absolute Gasteiger partial charge is 0.326 e. The molecule has 7 heteroatoms. The lowest BCUT2D eigenvalue weighted by atomic mass is 10.2. The maximum atomic E-state index is 12.1. The number of hydrogen-bond acceptors (Lipinski definition) is 5. The number of aryl methyl sites for hydroxylation is 1. The summed E-state index contributed by atoms with van der Waals surface area (Å²) in [6.07, 6.45) is 0. The van der Waals surface area contributed by atoms with Gasteiger partial charge in [-0.05, 0) is 38.1 Å². The van der Waals surface area contributed by atoms with Crippen LogP contribution >= 0.6 is 0 Å². The molecule has 0 amide bonds. The zero-order valence-corrected chi connectivity index (χ0v) is 14.1. The second-order valence-corrected chi connectivity index (χ2v) is 6.96. The van der Waals surface area contributed by atoms with Crippen LogP contribution in [0.15, 0.2) is 53.4 Å². The van der Waals surface area contributed by atoms with E-state index in [1.165, 1.54) is 31.2 Å². The van der Waals surface area contributed by atoms with Gasteiger partial charge in [-0.1, -0.05) is 29.8 Å². The molecule has 0 atom stereocenters. The van der Waals surface area contributed by atoms with E-state index in [-0.39, 0.29) is 10.7 Å². The van der Waals surface area contributed by atoms with E-state index in [4.69, 9.17) is 4.74 Å². The molecule has 6 nitrogen and oxygen atoms in total. The van der Waals surface area contributed by atoms with Gasteiger partial charge in [-0.15, -0.1) is 0 Å². The van der Waals surface area contributed by atoms with Gasteiger partial charge in [0.05, 0.1) is 4.90 Å². The van der Waals surface area contributed by atoms with Crippen molar-refractivity contribution in [2.45, 2.75) is 18.7 Å². The first-order valence-electron chi connectivity index (χ1n) is 7.16. The Bertz CT molecular complexity index is 840. The van der Waals surface area contributed by atoms with Crippen LogP contribution in [0.4, 0.5) is 0 Å². The summed E-state index contributed by atoms with van der Waals surface area (Å²) >= 11 is 0. The highest BCUT2D eigenvalue weighted by molar-refractivity contribution is 7.89. The minimum atomic E-state index is -3.86. The Balaban J connectivity index is 1.97. The van der Waals surface area contributed by atoms with Gasteiger partial charge in [0.1, 0.15) is 12.3 Å². The molecule has 0 bridgehead atoms. The van der Waals surface area contributed by atoms with Gasteiger partial charge < -0.3 is 4.74 Å². The molecular formula is C17H17NO5S. The highest BCUT2D eigenvalue weighted by atomic mass is 32.2. The number of carbonyl (C=O) groups excluding carboxylic acids is 2. The Morgan fingerprint density at radius 3 is 2.12 bits per heavy atom. The number of nitrogens with one attached hydrogen (secondary N) is 1. The normalized spacial score (nSPS) is 11.1. The van der Waals surface area contributed by atoms with Crippen LogP contribution in [-0.4, -0.2) is 26.7 Å². The molecule has 24 heavy (non-hydrogen) atoms. The molecule has 0 saturated carbocycles. The Hall–Kier alpha value is -2.51. The van der Waals surface area contributed by atoms with Gasteiger partial charge >= 0.3 is 5.97 Å². The lowest BCUT2D eigenvalue weighted by molar-refractivity contribution is -0.133. The van der Waals surface area contributed by atoms with E-state index < -0.39 is 22.5 Å². The van der Waals surface area contributed by atoms with E-state index in [1.54, 1.807) is 24.3 Å². The van der Waals surface area contributed by atoms with Gasteiger partial charge in [0.15, 0.2) is 5.78 Å². The number of esters is 1. The summed E-state index contributed by atoms with van der Waals surface area (Å²) < 4.78 is 31.4. The first kappa shape index (κ1) is 17.8. The predicted octanol–water partition coefficient (Wildman–Crippen LogP) is 2.08. The fourth-order valence-electron chi connectivity index (χ4n) is 1.88. The molecule has 0 aliphatic rings. The van der Waals surface area contributed by atoms with E-state index in [2.05, 4.69) is 4.72 Å². The minimum absolute atomic E-state index is 0.0318. The Morgan fingerprint density at radius 2 is 1.58 bits per heavy atom. The third-order valence-corrected chi connectivity index (χ3v) is 4.65. The number of benzene rings is 2. The quantitative estimate of drug-likeness (QED) is 0.491. The van der Waals surface area contributed by atoms with Gasteiger partial charge in [-0.2, -0.15) is 4.72 Å². The number of carbonyl (C=O) groups is 2. The fraction of sp³-hybridized carbons (Fsp3) is 0.176. The molecule has 126 valence electrons. The average molecular weight is 347 g/mol. The number of Topliss-reactive ketones (excluding diaryl/α,β-unsaturated/α-hetero) is 1. The molecule has 0 saturated heterocycles. The average Bonchev–Trinajstić information content (AvgIpc) is 2.55. The Kier molecular flexibility index (Phi) is 5.48. The van der Waals surface area contributed by atoms with Gasteiger partial charge in [-0.25, -0.2) is 8.42 Å². The maximum Gasteiger partial charge on any atom is 0.326 e. The summed E-state index contributed by atoms with van der Waals surface area (Å²) in [4.78, 5) is 22.9. The SMILES string of the molecule is CC(=O)c1ccc(S(=O)(=O)NCC(=O)Oc2ccc(C)cc2)cc1. The monoisotopic (exact) mass is 347 g/mol. The van der Waals surface area contributed by atoms with E-state index in [0.717, 1.165) is 5.56 Å². The number of ketones is 1. The summed E-state index contributed by atoms with van der Waals surface area (Å²) in [6.45, 7) is 2.80. The summed E-state index contributed by atoms with van der Waals surface area (Å²) in [7, 11) is -3.86. The molecule has 0 fully saturated rings. The Morgan fingerprint density at radius 1 is 1.00 bits per heavy atom. The van der Waals surface area contributed by atoms with E-state index in [1.807, 2.05) is 6.92 Å². The van der Waals surface area contributed by atoms with E-state index >= 15 is 0 Å². The van der Waals surface area contributed by atoms with Crippen molar-refractivity contribution in [1.82, 2.24) is 4.72 Å². The highest BCUT2D eigenvalue weighted by Crippen LogP contribution is 2.13. The molecule has 1 N–H and O–H groups in total. The molecule has 2 rings (SSSR count). The third kappa shape index (κ3) is 4.74. The van der Waals surface area contributed by atoms with Crippen LogP contribution in [-0.2, 0) is 14.8 Å². The minimum Gasteiger partial charge on any atom is -0.426 e. The molecule has 2 aromatic carbocycles. The molecule has 2 aromatic rings. The van der Waals surface area contributed by atoms with Crippen LogP contribution in [0.25, 0.3) is 0 Å². The zero-order chi connectivity index (χ0) is 17.7. The first-order chi connectivity index (χ1) is 11.3. The van der Waals surface area contributed by atoms with Crippen molar-refractivity contribution >= 4 is 21.8 Å². The lowest BCUT2D eigenvalue weighted by Gasteiger charge is -2.08. The van der Waals surface area contributed by atoms with Crippen molar-refractivity contribution in [2.75, 3.05) is 6.54 Å². The van der Waals surface area contributed by atoms with Crippen LogP contribution in [0.5, 0.6) is 5.75 Å². The second kappa shape index (κ2) is 7.37.